The number of amides is 1. The van der Waals surface area contributed by atoms with Gasteiger partial charge in [-0.1, -0.05) is 29.8 Å². The SMILES string of the molecule is CC.CN(O)C(=O)c1ccc(Br)cc1C=O. The lowest BCUT2D eigenvalue weighted by Gasteiger charge is -2.09. The number of hydrogen-bond acceptors (Lipinski definition) is 3. The normalized spacial score (nSPS) is 8.81. The maximum atomic E-state index is 11.3. The van der Waals surface area contributed by atoms with Crippen LogP contribution in [-0.2, 0) is 0 Å². The number of aldehydes is 1. The molecule has 0 atom stereocenters. The van der Waals surface area contributed by atoms with Gasteiger partial charge in [0.2, 0.25) is 0 Å². The Morgan fingerprint density at radius 3 is 2.44 bits per heavy atom. The molecule has 0 spiro atoms. The molecule has 0 saturated heterocycles. The number of halogens is 1. The molecule has 1 aromatic rings. The first kappa shape index (κ1) is 14.8. The summed E-state index contributed by atoms with van der Waals surface area (Å²) in [7, 11) is 1.21. The van der Waals surface area contributed by atoms with Gasteiger partial charge in [-0.25, -0.2) is 5.06 Å². The van der Waals surface area contributed by atoms with E-state index >= 15 is 0 Å². The summed E-state index contributed by atoms with van der Waals surface area (Å²) >= 11 is 3.18. The topological polar surface area (TPSA) is 57.6 Å². The van der Waals surface area contributed by atoms with Crippen LogP contribution in [0.1, 0.15) is 34.6 Å². The highest BCUT2D eigenvalue weighted by atomic mass is 79.9. The average Bonchev–Trinajstić information content (AvgIpc) is 2.30. The Kier molecular flexibility index (Phi) is 6.60. The monoisotopic (exact) mass is 287 g/mol. The first-order valence-corrected chi connectivity index (χ1v) is 5.57. The van der Waals surface area contributed by atoms with Crippen molar-refractivity contribution in [2.75, 3.05) is 7.05 Å². The van der Waals surface area contributed by atoms with Gasteiger partial charge in [0.25, 0.3) is 5.91 Å². The van der Waals surface area contributed by atoms with Crippen molar-refractivity contribution >= 4 is 28.1 Å². The molecule has 88 valence electrons. The molecule has 0 fully saturated rings. The number of benzene rings is 1. The molecule has 4 nitrogen and oxygen atoms in total. The number of carbonyl (C=O) groups is 2. The highest BCUT2D eigenvalue weighted by Gasteiger charge is 2.13. The Labute approximate surface area is 103 Å². The molecular formula is C11H14BrNO3. The van der Waals surface area contributed by atoms with Crippen LogP contribution in [0, 0.1) is 0 Å². The number of hydroxylamine groups is 2. The Morgan fingerprint density at radius 1 is 1.44 bits per heavy atom. The van der Waals surface area contributed by atoms with Crippen molar-refractivity contribution in [1.29, 1.82) is 0 Å². The van der Waals surface area contributed by atoms with Gasteiger partial charge in [0.15, 0.2) is 6.29 Å². The van der Waals surface area contributed by atoms with E-state index in [0.717, 1.165) is 0 Å². The minimum atomic E-state index is -0.611. The van der Waals surface area contributed by atoms with Crippen molar-refractivity contribution < 1.29 is 14.8 Å². The highest BCUT2D eigenvalue weighted by Crippen LogP contribution is 2.16. The fourth-order valence-electron chi connectivity index (χ4n) is 1.00. The van der Waals surface area contributed by atoms with Crippen LogP contribution >= 0.6 is 15.9 Å². The minimum absolute atomic E-state index is 0.174. The van der Waals surface area contributed by atoms with E-state index in [2.05, 4.69) is 15.9 Å². The second-order valence-corrected chi connectivity index (χ2v) is 3.59. The van der Waals surface area contributed by atoms with Gasteiger partial charge in [-0.3, -0.25) is 14.8 Å². The van der Waals surface area contributed by atoms with Crippen LogP contribution in [0.4, 0.5) is 0 Å². The smallest absolute Gasteiger partial charge is 0.277 e. The molecule has 0 unspecified atom stereocenters. The van der Waals surface area contributed by atoms with E-state index in [9.17, 15) is 9.59 Å². The van der Waals surface area contributed by atoms with Gasteiger partial charge in [-0.15, -0.1) is 0 Å². The van der Waals surface area contributed by atoms with Gasteiger partial charge >= 0.3 is 0 Å². The Bertz CT molecular complexity index is 377. The molecule has 1 rings (SSSR count). The van der Waals surface area contributed by atoms with Gasteiger partial charge in [0.1, 0.15) is 0 Å². The van der Waals surface area contributed by atoms with Crippen molar-refractivity contribution in [3.8, 4) is 0 Å². The third-order valence-electron chi connectivity index (χ3n) is 1.66. The van der Waals surface area contributed by atoms with Crippen molar-refractivity contribution in [3.63, 3.8) is 0 Å². The lowest BCUT2D eigenvalue weighted by Crippen LogP contribution is -2.23. The van der Waals surface area contributed by atoms with Crippen LogP contribution < -0.4 is 0 Å². The van der Waals surface area contributed by atoms with E-state index in [0.29, 0.717) is 15.8 Å². The molecule has 0 aliphatic carbocycles. The first-order chi connectivity index (χ1) is 7.56. The number of nitrogens with zero attached hydrogens (tertiary/aromatic N) is 1. The van der Waals surface area contributed by atoms with Gasteiger partial charge in [-0.05, 0) is 18.2 Å². The summed E-state index contributed by atoms with van der Waals surface area (Å²) in [6.07, 6.45) is 0.571. The summed E-state index contributed by atoms with van der Waals surface area (Å²) in [5.41, 5.74) is 0.415. The standard InChI is InChI=1S/C9H8BrNO3.C2H6/c1-11(14)9(13)8-3-2-7(10)4-6(8)5-12;1-2/h2-5,14H,1H3;1-2H3. The zero-order chi connectivity index (χ0) is 12.7. The summed E-state index contributed by atoms with van der Waals surface area (Å²) in [6, 6.07) is 4.62. The average molecular weight is 288 g/mol. The summed E-state index contributed by atoms with van der Waals surface area (Å²) < 4.78 is 0.705. The molecular weight excluding hydrogens is 274 g/mol. The van der Waals surface area contributed by atoms with E-state index in [1.807, 2.05) is 13.8 Å². The van der Waals surface area contributed by atoms with E-state index in [4.69, 9.17) is 5.21 Å². The van der Waals surface area contributed by atoms with E-state index < -0.39 is 5.91 Å². The third kappa shape index (κ3) is 3.75. The lowest BCUT2D eigenvalue weighted by atomic mass is 10.1. The zero-order valence-electron chi connectivity index (χ0n) is 9.40. The largest absolute Gasteiger partial charge is 0.298 e. The third-order valence-corrected chi connectivity index (χ3v) is 2.16. The molecule has 0 aliphatic heterocycles. The molecule has 0 heterocycles. The number of carbonyl (C=O) groups excluding carboxylic acids is 2. The summed E-state index contributed by atoms with van der Waals surface area (Å²) in [5.74, 6) is -0.611. The Hall–Kier alpha value is -1.20. The summed E-state index contributed by atoms with van der Waals surface area (Å²) in [4.78, 5) is 22.0. The van der Waals surface area contributed by atoms with Gasteiger partial charge in [0, 0.05) is 17.1 Å². The number of hydrogen-bond donors (Lipinski definition) is 1. The predicted molar refractivity (Wildman–Crippen MR) is 64.8 cm³/mol. The minimum Gasteiger partial charge on any atom is -0.298 e. The Balaban J connectivity index is 0.00000106. The van der Waals surface area contributed by atoms with E-state index in [-0.39, 0.29) is 11.1 Å². The Morgan fingerprint density at radius 2 is 2.00 bits per heavy atom. The van der Waals surface area contributed by atoms with Crippen LogP contribution in [0.15, 0.2) is 22.7 Å². The first-order valence-electron chi connectivity index (χ1n) is 4.78. The van der Waals surface area contributed by atoms with E-state index in [1.54, 1.807) is 6.07 Å². The maximum Gasteiger partial charge on any atom is 0.277 e. The van der Waals surface area contributed by atoms with Crippen molar-refractivity contribution in [1.82, 2.24) is 5.06 Å². The summed E-state index contributed by atoms with van der Waals surface area (Å²) in [5, 5.41) is 9.36. The summed E-state index contributed by atoms with van der Waals surface area (Å²) in [6.45, 7) is 4.00. The van der Waals surface area contributed by atoms with E-state index in [1.165, 1.54) is 19.2 Å². The molecule has 1 aromatic carbocycles. The second kappa shape index (κ2) is 7.14. The number of rotatable bonds is 2. The van der Waals surface area contributed by atoms with Gasteiger partial charge < -0.3 is 0 Å². The molecule has 0 radical (unpaired) electrons. The van der Waals surface area contributed by atoms with Gasteiger partial charge in [-0.2, -0.15) is 0 Å². The zero-order valence-corrected chi connectivity index (χ0v) is 11.0. The molecule has 0 aromatic heterocycles. The molecule has 5 heteroatoms. The highest BCUT2D eigenvalue weighted by molar-refractivity contribution is 9.10. The van der Waals surface area contributed by atoms with Crippen LogP contribution in [0.5, 0.6) is 0 Å². The molecule has 16 heavy (non-hydrogen) atoms. The fraction of sp³-hybridized carbons (Fsp3) is 0.273. The molecule has 0 saturated carbocycles. The quantitative estimate of drug-likeness (QED) is 0.517. The molecule has 0 aliphatic rings. The fourth-order valence-corrected chi connectivity index (χ4v) is 1.38. The molecule has 1 amide bonds. The van der Waals surface area contributed by atoms with Crippen LogP contribution in [-0.4, -0.2) is 29.5 Å². The van der Waals surface area contributed by atoms with Gasteiger partial charge in [0.05, 0.1) is 5.56 Å². The molecule has 1 N–H and O–H groups in total. The second-order valence-electron chi connectivity index (χ2n) is 2.68. The lowest BCUT2D eigenvalue weighted by molar-refractivity contribution is -0.0375. The van der Waals surface area contributed by atoms with Crippen molar-refractivity contribution in [2.24, 2.45) is 0 Å². The van der Waals surface area contributed by atoms with Crippen LogP contribution in [0.3, 0.4) is 0 Å². The van der Waals surface area contributed by atoms with Crippen LogP contribution in [0.2, 0.25) is 0 Å². The maximum absolute atomic E-state index is 11.3. The van der Waals surface area contributed by atoms with Crippen molar-refractivity contribution in [3.05, 3.63) is 33.8 Å². The van der Waals surface area contributed by atoms with Crippen LogP contribution in [0.25, 0.3) is 0 Å². The van der Waals surface area contributed by atoms with Crippen molar-refractivity contribution in [2.45, 2.75) is 13.8 Å². The predicted octanol–water partition coefficient (Wildman–Crippen LogP) is 2.75. The molecule has 0 bridgehead atoms.